The molecule has 2 aromatic rings. The summed E-state index contributed by atoms with van der Waals surface area (Å²) in [5.74, 6) is -3.59. The molecule has 4 rings (SSSR count). The van der Waals surface area contributed by atoms with Crippen molar-refractivity contribution in [3.05, 3.63) is 63.1 Å². The second-order valence-electron chi connectivity index (χ2n) is 8.94. The number of hydrogen-bond donors (Lipinski definition) is 2. The summed E-state index contributed by atoms with van der Waals surface area (Å²) in [6, 6.07) is 2.78. The Morgan fingerprint density at radius 1 is 1.29 bits per heavy atom. The number of carbonyl (C=O) groups excluding carboxylic acids is 2. The van der Waals surface area contributed by atoms with Gasteiger partial charge in [-0.05, 0) is 24.3 Å². The second-order valence-corrected chi connectivity index (χ2v) is 8.94. The molecule has 0 unspecified atom stereocenters. The fraction of sp³-hybridized carbons (Fsp3) is 0.409. The molecule has 1 aromatic heterocycles. The summed E-state index contributed by atoms with van der Waals surface area (Å²) in [6.07, 6.45) is 2.85. The first kappa shape index (κ1) is 21.0. The number of carbonyl (C=O) groups is 2. The molecule has 2 bridgehead atoms. The minimum absolute atomic E-state index is 0.0499. The van der Waals surface area contributed by atoms with Gasteiger partial charge < -0.3 is 19.9 Å². The van der Waals surface area contributed by atoms with E-state index < -0.39 is 34.6 Å². The van der Waals surface area contributed by atoms with Crippen LogP contribution in [0.15, 0.2) is 29.2 Å². The van der Waals surface area contributed by atoms with Crippen LogP contribution >= 0.6 is 0 Å². The molecule has 164 valence electrons. The first-order valence-corrected chi connectivity index (χ1v) is 10.1. The van der Waals surface area contributed by atoms with Gasteiger partial charge in [0.25, 0.3) is 11.8 Å². The average molecular weight is 431 g/mol. The second kappa shape index (κ2) is 7.47. The highest BCUT2D eigenvalue weighted by molar-refractivity contribution is 5.99. The third kappa shape index (κ3) is 3.80. The predicted molar refractivity (Wildman–Crippen MR) is 108 cm³/mol. The number of aromatic nitrogens is 1. The number of amides is 2. The van der Waals surface area contributed by atoms with Crippen molar-refractivity contribution in [1.82, 2.24) is 14.8 Å². The molecule has 2 N–H and O–H groups in total. The van der Waals surface area contributed by atoms with Crippen molar-refractivity contribution in [1.29, 1.82) is 0 Å². The Labute approximate surface area is 177 Å². The topological polar surface area (TPSA) is 91.6 Å². The third-order valence-electron chi connectivity index (χ3n) is 6.00. The lowest BCUT2D eigenvalue weighted by Gasteiger charge is -2.35. The van der Waals surface area contributed by atoms with Gasteiger partial charge in [-0.1, -0.05) is 19.9 Å². The molecule has 7 nitrogen and oxygen atoms in total. The quantitative estimate of drug-likeness (QED) is 0.782. The van der Waals surface area contributed by atoms with E-state index in [1.165, 1.54) is 16.8 Å². The molecule has 0 spiro atoms. The molecule has 1 aromatic carbocycles. The number of hydrogen-bond acceptors (Lipinski definition) is 4. The van der Waals surface area contributed by atoms with Crippen LogP contribution in [0.4, 0.5) is 8.78 Å². The summed E-state index contributed by atoms with van der Waals surface area (Å²) in [5, 5.41) is 12.9. The molecule has 9 heteroatoms. The summed E-state index contributed by atoms with van der Waals surface area (Å²) < 4.78 is 28.4. The van der Waals surface area contributed by atoms with Gasteiger partial charge in [0.15, 0.2) is 11.4 Å². The summed E-state index contributed by atoms with van der Waals surface area (Å²) in [4.78, 5) is 39.9. The largest absolute Gasteiger partial charge is 0.503 e. The van der Waals surface area contributed by atoms with E-state index in [1.807, 2.05) is 0 Å². The van der Waals surface area contributed by atoms with E-state index in [1.54, 1.807) is 4.90 Å². The lowest BCUT2D eigenvalue weighted by molar-refractivity contribution is 0.0629. The van der Waals surface area contributed by atoms with Gasteiger partial charge in [0, 0.05) is 37.5 Å². The van der Waals surface area contributed by atoms with E-state index in [-0.39, 0.29) is 34.8 Å². The number of pyridine rings is 1. The van der Waals surface area contributed by atoms with Gasteiger partial charge >= 0.3 is 0 Å². The highest BCUT2D eigenvalue weighted by Crippen LogP contribution is 2.37. The smallest absolute Gasteiger partial charge is 0.274 e. The Kier molecular flexibility index (Phi) is 5.07. The van der Waals surface area contributed by atoms with Crippen molar-refractivity contribution < 1.29 is 23.5 Å². The summed E-state index contributed by atoms with van der Waals surface area (Å²) in [7, 11) is 0. The number of rotatable bonds is 3. The van der Waals surface area contributed by atoms with E-state index in [9.17, 15) is 28.3 Å². The maximum Gasteiger partial charge on any atom is 0.274 e. The highest BCUT2D eigenvalue weighted by atomic mass is 19.1. The minimum Gasteiger partial charge on any atom is -0.503 e. The van der Waals surface area contributed by atoms with Crippen molar-refractivity contribution >= 4 is 11.8 Å². The van der Waals surface area contributed by atoms with Gasteiger partial charge in [-0.25, -0.2) is 8.78 Å². The first-order chi connectivity index (χ1) is 14.6. The molecule has 1 saturated heterocycles. The van der Waals surface area contributed by atoms with Gasteiger partial charge in [0.1, 0.15) is 17.2 Å². The number of benzene rings is 1. The Bertz CT molecular complexity index is 1140. The van der Waals surface area contributed by atoms with Crippen molar-refractivity contribution in [2.45, 2.75) is 39.3 Å². The molecule has 2 amide bonds. The fourth-order valence-electron chi connectivity index (χ4n) is 4.31. The van der Waals surface area contributed by atoms with Crippen molar-refractivity contribution in [2.75, 3.05) is 13.1 Å². The molecule has 1 atom stereocenters. The molecule has 2 aliphatic rings. The molecule has 0 saturated carbocycles. The maximum absolute atomic E-state index is 13.8. The zero-order valence-electron chi connectivity index (χ0n) is 17.2. The van der Waals surface area contributed by atoms with E-state index in [2.05, 4.69) is 19.2 Å². The van der Waals surface area contributed by atoms with Gasteiger partial charge in [0.2, 0.25) is 5.43 Å². The minimum atomic E-state index is -0.962. The van der Waals surface area contributed by atoms with Crippen molar-refractivity contribution in [2.24, 2.45) is 5.41 Å². The predicted octanol–water partition coefficient (Wildman–Crippen LogP) is 2.58. The molecular formula is C22H23F2N3O4. The summed E-state index contributed by atoms with van der Waals surface area (Å²) >= 11 is 0. The normalized spacial score (nSPS) is 19.5. The van der Waals surface area contributed by atoms with Crippen LogP contribution in [0.25, 0.3) is 0 Å². The van der Waals surface area contributed by atoms with E-state index in [0.717, 1.165) is 12.5 Å². The van der Waals surface area contributed by atoms with Crippen molar-refractivity contribution in [3.8, 4) is 5.75 Å². The van der Waals surface area contributed by atoms with Crippen molar-refractivity contribution in [3.63, 3.8) is 0 Å². The molecule has 31 heavy (non-hydrogen) atoms. The lowest BCUT2D eigenvalue weighted by Crippen LogP contribution is -2.46. The Balaban J connectivity index is 1.66. The molecule has 0 aliphatic carbocycles. The number of nitrogens with one attached hydrogen (secondary N) is 1. The van der Waals surface area contributed by atoms with Gasteiger partial charge in [-0.3, -0.25) is 14.4 Å². The van der Waals surface area contributed by atoms with E-state index in [4.69, 9.17) is 0 Å². The lowest BCUT2D eigenvalue weighted by atomic mass is 9.87. The number of halogens is 2. The summed E-state index contributed by atoms with van der Waals surface area (Å²) in [6.45, 7) is 4.80. The molecule has 0 radical (unpaired) electrons. The molecule has 2 aliphatic heterocycles. The highest BCUT2D eigenvalue weighted by Gasteiger charge is 2.40. The van der Waals surface area contributed by atoms with Crippen LogP contribution in [0.2, 0.25) is 0 Å². The standard InChI is InChI=1S/C22H23F2N3O4/c1-22(2)6-5-14-9-26(11-22)21(31)17-19(29)18(28)15(10-27(14)17)20(30)25-8-12-3-4-13(23)7-16(12)24/h3-4,7,10,14,29H,5-6,8-9,11H2,1-2H3,(H,25,30)/t14-/m0/s1. The van der Waals surface area contributed by atoms with Crippen LogP contribution in [0, 0.1) is 17.0 Å². The Hall–Kier alpha value is -3.23. The monoisotopic (exact) mass is 431 g/mol. The van der Waals surface area contributed by atoms with Crippen LogP contribution in [0.1, 0.15) is 59.1 Å². The first-order valence-electron chi connectivity index (χ1n) is 10.1. The average Bonchev–Trinajstić information content (AvgIpc) is 2.84. The van der Waals surface area contributed by atoms with Gasteiger partial charge in [-0.15, -0.1) is 0 Å². The van der Waals surface area contributed by atoms with Crippen LogP contribution in [-0.4, -0.2) is 39.5 Å². The molecule has 1 fully saturated rings. The SMILES string of the molecule is CC1(C)CC[C@H]2CN(C1)C(=O)c1c(O)c(=O)c(C(=O)NCc3ccc(F)cc3F)cn12. The Morgan fingerprint density at radius 3 is 2.74 bits per heavy atom. The van der Waals surface area contributed by atoms with Crippen LogP contribution in [0.5, 0.6) is 5.75 Å². The van der Waals surface area contributed by atoms with Crippen LogP contribution in [-0.2, 0) is 6.54 Å². The summed E-state index contributed by atoms with van der Waals surface area (Å²) in [5.41, 5.74) is -1.47. The fourth-order valence-corrected chi connectivity index (χ4v) is 4.31. The Morgan fingerprint density at radius 2 is 2.03 bits per heavy atom. The number of fused-ring (bicyclic) bond motifs is 4. The van der Waals surface area contributed by atoms with Crippen LogP contribution in [0.3, 0.4) is 0 Å². The zero-order chi connectivity index (χ0) is 22.5. The molecule has 3 heterocycles. The van der Waals surface area contributed by atoms with E-state index >= 15 is 0 Å². The van der Waals surface area contributed by atoms with Crippen LogP contribution < -0.4 is 10.7 Å². The maximum atomic E-state index is 13.8. The van der Waals surface area contributed by atoms with E-state index in [0.29, 0.717) is 25.6 Å². The van der Waals surface area contributed by atoms with Gasteiger partial charge in [0.05, 0.1) is 6.04 Å². The zero-order valence-corrected chi connectivity index (χ0v) is 17.2. The number of aromatic hydroxyl groups is 1. The number of nitrogens with zero attached hydrogens (tertiary/aromatic N) is 2. The third-order valence-corrected chi connectivity index (χ3v) is 6.00. The van der Waals surface area contributed by atoms with Gasteiger partial charge in [-0.2, -0.15) is 0 Å². The molecular weight excluding hydrogens is 408 g/mol.